The molecule has 1 amide bonds. The Morgan fingerprint density at radius 3 is 2.49 bits per heavy atom. The Bertz CT molecular complexity index is 1260. The standard InChI is InChI=1S/C33H42FN3O4/c1-4-39-29-11-8-26(9-12-29)31-13-10-28(36-33(31)40-17-16-37-14-6-5-7-15-37)21-32(38)35-22-25-18-27(34)20-30(19-25)41-23-24(2)3/h8-13,18-20,24H,4-7,14-17,21-23H2,1-3H3,(H,35,38). The monoisotopic (exact) mass is 563 g/mol. The fourth-order valence-electron chi connectivity index (χ4n) is 4.76. The van der Waals surface area contributed by atoms with Gasteiger partial charge in [0.2, 0.25) is 11.8 Å². The highest BCUT2D eigenvalue weighted by molar-refractivity contribution is 5.78. The van der Waals surface area contributed by atoms with Crippen LogP contribution in [0.1, 0.15) is 51.3 Å². The van der Waals surface area contributed by atoms with Crippen LogP contribution in [0.5, 0.6) is 17.4 Å². The number of hydrogen-bond donors (Lipinski definition) is 1. The van der Waals surface area contributed by atoms with Crippen molar-refractivity contribution < 1.29 is 23.4 Å². The molecular formula is C33H42FN3O4. The molecule has 1 saturated heterocycles. The molecule has 2 heterocycles. The summed E-state index contributed by atoms with van der Waals surface area (Å²) in [5.41, 5.74) is 3.07. The Labute approximate surface area is 243 Å². The highest BCUT2D eigenvalue weighted by Gasteiger charge is 2.15. The van der Waals surface area contributed by atoms with Crippen molar-refractivity contribution in [1.29, 1.82) is 0 Å². The van der Waals surface area contributed by atoms with Gasteiger partial charge in [-0.1, -0.05) is 32.4 Å². The number of nitrogens with zero attached hydrogens (tertiary/aromatic N) is 2. The summed E-state index contributed by atoms with van der Waals surface area (Å²) in [7, 11) is 0. The van der Waals surface area contributed by atoms with Crippen molar-refractivity contribution in [2.24, 2.45) is 5.92 Å². The van der Waals surface area contributed by atoms with Crippen LogP contribution in [0, 0.1) is 11.7 Å². The molecule has 1 N–H and O–H groups in total. The molecule has 7 nitrogen and oxygen atoms in total. The van der Waals surface area contributed by atoms with Crippen LogP contribution in [0.2, 0.25) is 0 Å². The molecule has 0 radical (unpaired) electrons. The Kier molecular flexibility index (Phi) is 11.4. The number of carbonyl (C=O) groups is 1. The molecule has 220 valence electrons. The van der Waals surface area contributed by atoms with Gasteiger partial charge in [0.05, 0.1) is 25.3 Å². The minimum absolute atomic E-state index is 0.0814. The third-order valence-electron chi connectivity index (χ3n) is 6.84. The van der Waals surface area contributed by atoms with E-state index in [1.54, 1.807) is 6.07 Å². The summed E-state index contributed by atoms with van der Waals surface area (Å²) in [4.78, 5) is 20.0. The van der Waals surface area contributed by atoms with E-state index in [4.69, 9.17) is 19.2 Å². The number of nitrogens with one attached hydrogen (secondary N) is 1. The fourth-order valence-corrected chi connectivity index (χ4v) is 4.76. The summed E-state index contributed by atoms with van der Waals surface area (Å²) >= 11 is 0. The maximum Gasteiger partial charge on any atom is 0.226 e. The van der Waals surface area contributed by atoms with Gasteiger partial charge < -0.3 is 19.5 Å². The lowest BCUT2D eigenvalue weighted by Crippen LogP contribution is -2.33. The number of pyridine rings is 1. The zero-order chi connectivity index (χ0) is 29.0. The molecule has 1 aromatic heterocycles. The van der Waals surface area contributed by atoms with Gasteiger partial charge in [0, 0.05) is 24.7 Å². The molecule has 0 saturated carbocycles. The summed E-state index contributed by atoms with van der Waals surface area (Å²) < 4.78 is 31.6. The van der Waals surface area contributed by atoms with Crippen LogP contribution in [0.15, 0.2) is 54.6 Å². The number of halogens is 1. The van der Waals surface area contributed by atoms with Crippen LogP contribution in [0.25, 0.3) is 11.1 Å². The molecule has 8 heteroatoms. The summed E-state index contributed by atoms with van der Waals surface area (Å²) in [5.74, 6) is 1.50. The molecule has 0 atom stereocenters. The molecule has 0 aliphatic carbocycles. The molecule has 3 aromatic rings. The lowest BCUT2D eigenvalue weighted by atomic mass is 10.1. The number of ether oxygens (including phenoxy) is 3. The van der Waals surface area contributed by atoms with Crippen molar-refractivity contribution in [1.82, 2.24) is 15.2 Å². The van der Waals surface area contributed by atoms with E-state index < -0.39 is 5.82 Å². The molecule has 0 bridgehead atoms. The molecule has 1 aliphatic rings. The first kappa shape index (κ1) is 30.3. The minimum atomic E-state index is -0.395. The fraction of sp³-hybridized carbons (Fsp3) is 0.455. The van der Waals surface area contributed by atoms with E-state index in [0.29, 0.717) is 48.6 Å². The topological polar surface area (TPSA) is 72.9 Å². The van der Waals surface area contributed by atoms with Crippen molar-refractivity contribution >= 4 is 5.91 Å². The first-order valence-electron chi connectivity index (χ1n) is 14.7. The second kappa shape index (κ2) is 15.4. The van der Waals surface area contributed by atoms with Crippen molar-refractivity contribution in [3.05, 3.63) is 71.7 Å². The lowest BCUT2D eigenvalue weighted by Gasteiger charge is -2.26. The Hall–Kier alpha value is -3.65. The van der Waals surface area contributed by atoms with Crippen LogP contribution in [0.3, 0.4) is 0 Å². The smallest absolute Gasteiger partial charge is 0.226 e. The predicted molar refractivity (Wildman–Crippen MR) is 159 cm³/mol. The molecule has 4 rings (SSSR count). The van der Waals surface area contributed by atoms with Crippen molar-refractivity contribution in [3.63, 3.8) is 0 Å². The Morgan fingerprint density at radius 1 is 0.976 bits per heavy atom. The predicted octanol–water partition coefficient (Wildman–Crippen LogP) is 6.04. The van der Waals surface area contributed by atoms with Gasteiger partial charge in [0.15, 0.2) is 0 Å². The van der Waals surface area contributed by atoms with Crippen LogP contribution in [0.4, 0.5) is 4.39 Å². The van der Waals surface area contributed by atoms with Crippen molar-refractivity contribution in [3.8, 4) is 28.5 Å². The van der Waals surface area contributed by atoms with Gasteiger partial charge in [-0.3, -0.25) is 9.69 Å². The summed E-state index contributed by atoms with van der Waals surface area (Å²) in [6, 6.07) is 16.2. The number of likely N-dealkylation sites (tertiary alicyclic amines) is 1. The number of aromatic nitrogens is 1. The summed E-state index contributed by atoms with van der Waals surface area (Å²) in [5, 5.41) is 2.87. The third kappa shape index (κ3) is 9.74. The van der Waals surface area contributed by atoms with Gasteiger partial charge >= 0.3 is 0 Å². The number of rotatable bonds is 14. The number of carbonyl (C=O) groups excluding carboxylic acids is 1. The van der Waals surface area contributed by atoms with Crippen LogP contribution < -0.4 is 19.5 Å². The first-order valence-corrected chi connectivity index (χ1v) is 14.7. The normalized spacial score (nSPS) is 13.7. The zero-order valence-electron chi connectivity index (χ0n) is 24.5. The van der Waals surface area contributed by atoms with Crippen molar-refractivity contribution in [2.45, 2.75) is 53.0 Å². The van der Waals surface area contributed by atoms with Gasteiger partial charge in [-0.05, 0) is 86.3 Å². The molecule has 1 fully saturated rings. The second-order valence-electron chi connectivity index (χ2n) is 10.8. The maximum atomic E-state index is 14.1. The molecule has 41 heavy (non-hydrogen) atoms. The van der Waals surface area contributed by atoms with E-state index in [2.05, 4.69) is 10.2 Å². The summed E-state index contributed by atoms with van der Waals surface area (Å²) in [6.07, 6.45) is 3.82. The van der Waals surface area contributed by atoms with Gasteiger partial charge in [-0.15, -0.1) is 0 Å². The van der Waals surface area contributed by atoms with Crippen LogP contribution in [-0.4, -0.2) is 55.2 Å². The first-order chi connectivity index (χ1) is 19.9. The van der Waals surface area contributed by atoms with E-state index in [0.717, 1.165) is 36.5 Å². The number of amides is 1. The average Bonchev–Trinajstić information content (AvgIpc) is 2.96. The molecule has 0 unspecified atom stereocenters. The van der Waals surface area contributed by atoms with E-state index in [1.807, 2.05) is 57.2 Å². The van der Waals surface area contributed by atoms with E-state index >= 15 is 0 Å². The molecular weight excluding hydrogens is 521 g/mol. The quantitative estimate of drug-likeness (QED) is 0.258. The second-order valence-corrected chi connectivity index (χ2v) is 10.8. The van der Waals surface area contributed by atoms with E-state index in [1.165, 1.54) is 31.4 Å². The lowest BCUT2D eigenvalue weighted by molar-refractivity contribution is -0.120. The van der Waals surface area contributed by atoms with E-state index in [-0.39, 0.29) is 18.9 Å². The minimum Gasteiger partial charge on any atom is -0.494 e. The maximum absolute atomic E-state index is 14.1. The molecule has 0 spiro atoms. The van der Waals surface area contributed by atoms with Gasteiger partial charge in [-0.25, -0.2) is 9.37 Å². The summed E-state index contributed by atoms with van der Waals surface area (Å²) in [6.45, 7) is 10.9. The van der Waals surface area contributed by atoms with Gasteiger partial charge in [0.1, 0.15) is 23.9 Å². The number of hydrogen-bond acceptors (Lipinski definition) is 6. The third-order valence-corrected chi connectivity index (χ3v) is 6.84. The van der Waals surface area contributed by atoms with Crippen LogP contribution >= 0.6 is 0 Å². The van der Waals surface area contributed by atoms with E-state index in [9.17, 15) is 9.18 Å². The number of piperidine rings is 1. The Morgan fingerprint density at radius 2 is 1.76 bits per heavy atom. The van der Waals surface area contributed by atoms with Crippen LogP contribution in [-0.2, 0) is 17.8 Å². The molecule has 1 aliphatic heterocycles. The van der Waals surface area contributed by atoms with Gasteiger partial charge in [0.25, 0.3) is 0 Å². The van der Waals surface area contributed by atoms with Crippen molar-refractivity contribution in [2.75, 3.05) is 39.5 Å². The van der Waals surface area contributed by atoms with Gasteiger partial charge in [-0.2, -0.15) is 0 Å². The molecule has 2 aromatic carbocycles. The highest BCUT2D eigenvalue weighted by Crippen LogP contribution is 2.30. The number of benzene rings is 2. The Balaban J connectivity index is 1.42. The average molecular weight is 564 g/mol. The largest absolute Gasteiger partial charge is 0.494 e. The highest BCUT2D eigenvalue weighted by atomic mass is 19.1. The zero-order valence-corrected chi connectivity index (χ0v) is 24.5. The SMILES string of the molecule is CCOc1ccc(-c2ccc(CC(=O)NCc3cc(F)cc(OCC(C)C)c3)nc2OCCN2CCCCC2)cc1.